The molecule has 5 aromatic heterocycles. The summed E-state index contributed by atoms with van der Waals surface area (Å²) < 4.78 is 64.8. The predicted molar refractivity (Wildman–Crippen MR) is 423 cm³/mol. The predicted octanol–water partition coefficient (Wildman–Crippen LogP) is -8.27. The molecule has 20 N–H and O–H groups in total. The molecule has 0 aliphatic carbocycles. The van der Waals surface area contributed by atoms with Crippen molar-refractivity contribution in [3.63, 3.8) is 0 Å². The minimum Gasteiger partial charge on any atom is -0.394 e. The second-order valence-electron chi connectivity index (χ2n) is 32.5. The lowest BCUT2D eigenvalue weighted by Gasteiger charge is -2.39. The Labute approximate surface area is 709 Å². The largest absolute Gasteiger partial charge is 0.394 e. The van der Waals surface area contributed by atoms with Gasteiger partial charge in [-0.25, -0.2) is 23.4 Å². The minimum absolute atomic E-state index is 0.0627. The van der Waals surface area contributed by atoms with Gasteiger partial charge >= 0.3 is 0 Å². The van der Waals surface area contributed by atoms with Gasteiger partial charge in [-0.2, -0.15) is 0 Å². The first kappa shape index (κ1) is 90.3. The molecular formula is C80H105N15O30. The van der Waals surface area contributed by atoms with E-state index in [0.717, 1.165) is 81.7 Å². The Morgan fingerprint density at radius 1 is 0.232 bits per heavy atom. The molecule has 0 unspecified atom stereocenters. The zero-order chi connectivity index (χ0) is 87.8. The SMILES string of the molecule is OC[C@H]1O[C@@H](OCCn2cc(CCc3cc4c(CCc5cn(CCO[C@@H]6O[C@H](CO)[C@H](O)[C@H](O)[C@H]6O)nn5)cc5c(CCc6cn(CCO[C@@H]7O[C@H](CO)[C@H](O)[C@H](O)[C@H]7O)nn6)cc6c(CCc7cn(CCO[C@@H]8O[C@H](CO)[C@H](O)[C@H](O)[C@H]8O)nn7)cc7c(CCc8cn(CCO[C@@H]9O[C@H](CO)[C@H](O)[C@H](O)[C@H]9O)nn8)cc3c3c7c6c5c43)nn2)[C@H](O)[C@@H](O)[C@H]1O. The molecule has 0 saturated carbocycles. The summed E-state index contributed by atoms with van der Waals surface area (Å²) in [7, 11) is 0. The number of aliphatic hydroxyl groups excluding tert-OH is 20. The van der Waals surface area contributed by atoms with Gasteiger partial charge in [-0.05, 0) is 146 Å². The van der Waals surface area contributed by atoms with Gasteiger partial charge in [0, 0.05) is 31.0 Å². The lowest BCUT2D eigenvalue weighted by molar-refractivity contribution is -0.301. The van der Waals surface area contributed by atoms with Gasteiger partial charge in [0.05, 0.1) is 127 Å². The van der Waals surface area contributed by atoms with Gasteiger partial charge in [0.1, 0.15) is 122 Å². The molecule has 11 aromatic rings. The molecule has 0 spiro atoms. The number of aromatic nitrogens is 15. The van der Waals surface area contributed by atoms with Crippen LogP contribution in [0.3, 0.4) is 0 Å². The summed E-state index contributed by atoms with van der Waals surface area (Å²) in [5, 5.41) is 262. The molecule has 0 radical (unpaired) electrons. The molecule has 5 aliphatic heterocycles. The molecule has 45 nitrogen and oxygen atoms in total. The van der Waals surface area contributed by atoms with E-state index in [9.17, 15) is 102 Å². The highest BCUT2D eigenvalue weighted by Gasteiger charge is 2.49. The van der Waals surface area contributed by atoms with Gasteiger partial charge in [0.2, 0.25) is 0 Å². The number of ether oxygens (including phenoxy) is 10. The molecule has 0 amide bonds. The van der Waals surface area contributed by atoms with Crippen LogP contribution < -0.4 is 0 Å². The quantitative estimate of drug-likeness (QED) is 0.0159. The average Bonchev–Trinajstić information content (AvgIpc) is 1.51. The van der Waals surface area contributed by atoms with E-state index in [-0.39, 0.29) is 65.8 Å². The molecule has 25 atom stereocenters. The molecule has 10 heterocycles. The van der Waals surface area contributed by atoms with Gasteiger partial charge < -0.3 is 149 Å². The van der Waals surface area contributed by atoms with Crippen molar-refractivity contribution in [2.45, 2.75) is 250 Å². The third-order valence-corrected chi connectivity index (χ3v) is 24.4. The van der Waals surface area contributed by atoms with E-state index in [2.05, 4.69) is 81.9 Å². The molecular weight excluding hydrogens is 1650 g/mol. The molecule has 6 aromatic carbocycles. The maximum atomic E-state index is 10.7. The van der Waals surface area contributed by atoms with Gasteiger partial charge in [-0.15, -0.1) is 25.5 Å². The van der Waals surface area contributed by atoms with Gasteiger partial charge in [-0.3, -0.25) is 0 Å². The molecule has 5 fully saturated rings. The second-order valence-corrected chi connectivity index (χ2v) is 32.5. The Balaban J connectivity index is 0.757. The Hall–Kier alpha value is -8.10. The van der Waals surface area contributed by atoms with Gasteiger partial charge in [0.25, 0.3) is 0 Å². The fraction of sp³-hybridized carbons (Fsp3) is 0.625. The molecule has 5 saturated heterocycles. The van der Waals surface area contributed by atoms with Crippen LogP contribution in [-0.4, -0.2) is 397 Å². The Morgan fingerprint density at radius 2 is 0.400 bits per heavy atom. The number of nitrogens with zero attached hydrogens (tertiary/aromatic N) is 15. The van der Waals surface area contributed by atoms with Crippen LogP contribution in [0.5, 0.6) is 0 Å². The van der Waals surface area contributed by atoms with Crippen LogP contribution in [0.2, 0.25) is 0 Å². The molecule has 5 aliphatic rings. The highest BCUT2D eigenvalue weighted by atomic mass is 16.7. The maximum Gasteiger partial charge on any atom is 0.186 e. The molecule has 0 bridgehead atoms. The van der Waals surface area contributed by atoms with Crippen LogP contribution in [0.4, 0.5) is 0 Å². The first-order valence-corrected chi connectivity index (χ1v) is 41.7. The van der Waals surface area contributed by atoms with Crippen molar-refractivity contribution in [2.24, 2.45) is 0 Å². The smallest absolute Gasteiger partial charge is 0.186 e. The van der Waals surface area contributed by atoms with E-state index >= 15 is 0 Å². The lowest BCUT2D eigenvalue weighted by Crippen LogP contribution is -2.59. The monoisotopic (exact) mass is 1760 g/mol. The highest BCUT2D eigenvalue weighted by molar-refractivity contribution is 6.45. The number of hydrogen-bond donors (Lipinski definition) is 20. The van der Waals surface area contributed by atoms with Crippen molar-refractivity contribution in [1.29, 1.82) is 0 Å². The van der Waals surface area contributed by atoms with Crippen molar-refractivity contribution in [3.05, 3.63) is 118 Å². The van der Waals surface area contributed by atoms with Gasteiger partial charge in [-0.1, -0.05) is 56.4 Å². The summed E-state index contributed by atoms with van der Waals surface area (Å²) >= 11 is 0. The summed E-state index contributed by atoms with van der Waals surface area (Å²) in [6, 6.07) is 11.2. The summed E-state index contributed by atoms with van der Waals surface area (Å²) in [5.74, 6) is 0. The number of aliphatic hydroxyl groups is 20. The lowest BCUT2D eigenvalue weighted by atomic mass is 9.87. The Bertz CT molecular complexity index is 4540. The number of aryl methyl sites for hydroxylation is 10. The van der Waals surface area contributed by atoms with Crippen LogP contribution >= 0.6 is 0 Å². The Kier molecular flexibility index (Phi) is 28.5. The van der Waals surface area contributed by atoms with Crippen LogP contribution in [0.25, 0.3) is 53.9 Å². The first-order valence-electron chi connectivity index (χ1n) is 41.7. The standard InChI is InChI=1S/C80H105N15O30/c96-31-51-61(101)66(106)71(111)76(121-51)116-16-11-91-26-41(81-86-91)6-1-36-21-47-38(3-8-43-28-93(88-83-43)13-18-118-78-73(113)68(108)63(103)53(33-98)123-78)23-49-40(5-10-45-30-95(90-85-45)15-20-120-80-75(115)70(110)65(105)55(35-100)125-80)25-50-39(4-9-44-29-94(89-84-44)14-19-119-79-74(114)69(109)64(104)54(34-99)124-79)24-48-37(22-46(36)56-57(47)59(49)60(50)58(48)56)2-7-42-27-92(87-82-42)12-17-117-77-72(112)67(107)62(102)52(32-97)122-77/h21-30,51-55,61-80,96-115H,1-20,31-35H2/t51-,52-,53-,54-,55-,61+,62+,63+,64+,65+,66+,67+,68+,69+,70+,71-,72-,73-,74-,75-,76-,77-,78-,79-,80-/m1/s1. The van der Waals surface area contributed by atoms with Crippen LogP contribution in [-0.2, 0) is 144 Å². The van der Waals surface area contributed by atoms with E-state index in [1.807, 2.05) is 0 Å². The minimum atomic E-state index is -1.64. The molecule has 125 heavy (non-hydrogen) atoms. The van der Waals surface area contributed by atoms with Crippen LogP contribution in [0, 0.1) is 0 Å². The van der Waals surface area contributed by atoms with Crippen molar-refractivity contribution >= 4 is 53.9 Å². The fourth-order valence-electron chi connectivity index (χ4n) is 17.4. The number of hydrogen-bond acceptors (Lipinski definition) is 40. The van der Waals surface area contributed by atoms with E-state index in [1.165, 1.54) is 0 Å². The molecule has 680 valence electrons. The first-order chi connectivity index (χ1) is 60.4. The Morgan fingerprint density at radius 3 is 0.560 bits per heavy atom. The van der Waals surface area contributed by atoms with E-state index in [0.29, 0.717) is 92.7 Å². The zero-order valence-electron chi connectivity index (χ0n) is 67.6. The third-order valence-electron chi connectivity index (χ3n) is 24.4. The van der Waals surface area contributed by atoms with Crippen LogP contribution in [0.1, 0.15) is 56.3 Å². The number of rotatable bonds is 40. The summed E-state index contributed by atoms with van der Waals surface area (Å²) in [5.41, 5.74) is 8.01. The summed E-state index contributed by atoms with van der Waals surface area (Å²) in [6.45, 7) is -2.77. The summed E-state index contributed by atoms with van der Waals surface area (Å²) in [4.78, 5) is 0. The topological polar surface area (TPSA) is 650 Å². The van der Waals surface area contributed by atoms with E-state index < -0.39 is 187 Å². The zero-order valence-corrected chi connectivity index (χ0v) is 67.6. The highest BCUT2D eigenvalue weighted by Crippen LogP contribution is 2.53. The second kappa shape index (κ2) is 39.5. The fourth-order valence-corrected chi connectivity index (χ4v) is 17.4. The average molecular weight is 1760 g/mol. The normalized spacial score (nSPS) is 30.8. The maximum absolute atomic E-state index is 10.7. The molecule has 16 rings (SSSR count). The third kappa shape index (κ3) is 18.9. The van der Waals surface area contributed by atoms with E-state index in [1.54, 1.807) is 54.4 Å². The van der Waals surface area contributed by atoms with Crippen molar-refractivity contribution in [2.75, 3.05) is 66.1 Å². The van der Waals surface area contributed by atoms with Crippen molar-refractivity contribution in [3.8, 4) is 0 Å². The van der Waals surface area contributed by atoms with Crippen molar-refractivity contribution < 1.29 is 149 Å². The van der Waals surface area contributed by atoms with Crippen molar-refractivity contribution in [1.82, 2.24) is 75.0 Å². The molecule has 45 heteroatoms. The van der Waals surface area contributed by atoms with E-state index in [4.69, 9.17) is 47.4 Å². The van der Waals surface area contributed by atoms with Crippen LogP contribution in [0.15, 0.2) is 61.3 Å². The number of benzene rings is 5. The van der Waals surface area contributed by atoms with Gasteiger partial charge in [0.15, 0.2) is 31.5 Å². The summed E-state index contributed by atoms with van der Waals surface area (Å²) in [6.07, 6.45) is -23.7.